The molecule has 5 nitrogen and oxygen atoms in total. The van der Waals surface area contributed by atoms with Crippen molar-refractivity contribution in [2.45, 2.75) is 46.6 Å². The molecule has 5 heteroatoms. The molecule has 0 N–H and O–H groups in total. The quantitative estimate of drug-likeness (QED) is 0.550. The molecule has 0 aromatic heterocycles. The Morgan fingerprint density at radius 2 is 1.90 bits per heavy atom. The van der Waals surface area contributed by atoms with Crippen molar-refractivity contribution in [2.24, 2.45) is 5.41 Å². The van der Waals surface area contributed by atoms with E-state index in [1.807, 2.05) is 0 Å². The topological polar surface area (TPSA) is 49.9 Å². The monoisotopic (exact) mass is 298 g/mol. The summed E-state index contributed by atoms with van der Waals surface area (Å²) in [5, 5.41) is 0. The third-order valence-electron chi connectivity index (χ3n) is 4.32. The van der Waals surface area contributed by atoms with Gasteiger partial charge in [-0.15, -0.1) is 0 Å². The van der Waals surface area contributed by atoms with Gasteiger partial charge in [-0.05, 0) is 47.2 Å². The summed E-state index contributed by atoms with van der Waals surface area (Å²) in [6.45, 7) is 10.8. The molecule has 1 aliphatic rings. The second kappa shape index (κ2) is 7.90. The number of ether oxygens (including phenoxy) is 1. The van der Waals surface area contributed by atoms with Gasteiger partial charge in [0.05, 0.1) is 13.2 Å². The van der Waals surface area contributed by atoms with Crippen molar-refractivity contribution in [3.8, 4) is 0 Å². The lowest BCUT2D eigenvalue weighted by Gasteiger charge is -2.32. The zero-order chi connectivity index (χ0) is 16.0. The van der Waals surface area contributed by atoms with Crippen molar-refractivity contribution in [3.63, 3.8) is 0 Å². The highest BCUT2D eigenvalue weighted by molar-refractivity contribution is 6.03. The standard InChI is InChI=1S/C16H30N2O3/c1-6-13-11-17(5)9-8-10-18(13)12-14(19)16(3,4)15(20)21-7-2/h13H,6-12H2,1-5H3. The third-order valence-corrected chi connectivity index (χ3v) is 4.32. The summed E-state index contributed by atoms with van der Waals surface area (Å²) in [5.41, 5.74) is -1.06. The average molecular weight is 298 g/mol. The van der Waals surface area contributed by atoms with Crippen molar-refractivity contribution in [2.75, 3.05) is 39.8 Å². The Morgan fingerprint density at radius 1 is 1.24 bits per heavy atom. The van der Waals surface area contributed by atoms with E-state index in [2.05, 4.69) is 23.8 Å². The summed E-state index contributed by atoms with van der Waals surface area (Å²) in [6.07, 6.45) is 2.07. The number of esters is 1. The molecule has 0 bridgehead atoms. The van der Waals surface area contributed by atoms with Crippen LogP contribution in [0.25, 0.3) is 0 Å². The predicted octanol–water partition coefficient (Wildman–Crippen LogP) is 1.56. The second-order valence-electron chi connectivity index (χ2n) is 6.42. The maximum absolute atomic E-state index is 12.5. The van der Waals surface area contributed by atoms with Gasteiger partial charge in [0.15, 0.2) is 5.78 Å². The molecule has 122 valence electrons. The van der Waals surface area contributed by atoms with Crippen LogP contribution in [0, 0.1) is 5.41 Å². The second-order valence-corrected chi connectivity index (χ2v) is 6.42. The molecule has 1 fully saturated rings. The number of hydrogen-bond acceptors (Lipinski definition) is 5. The smallest absolute Gasteiger partial charge is 0.319 e. The Balaban J connectivity index is 2.73. The summed E-state index contributed by atoms with van der Waals surface area (Å²) >= 11 is 0. The predicted molar refractivity (Wildman–Crippen MR) is 83.2 cm³/mol. The molecule has 0 aromatic carbocycles. The molecule has 0 aliphatic carbocycles. The first-order chi connectivity index (χ1) is 9.82. The highest BCUT2D eigenvalue weighted by Gasteiger charge is 2.38. The van der Waals surface area contributed by atoms with Crippen LogP contribution in [0.5, 0.6) is 0 Å². The van der Waals surface area contributed by atoms with Gasteiger partial charge in [0.25, 0.3) is 0 Å². The minimum Gasteiger partial charge on any atom is -0.465 e. The van der Waals surface area contributed by atoms with Crippen molar-refractivity contribution < 1.29 is 14.3 Å². The first-order valence-electron chi connectivity index (χ1n) is 7.96. The maximum Gasteiger partial charge on any atom is 0.319 e. The van der Waals surface area contributed by atoms with Crippen molar-refractivity contribution in [1.29, 1.82) is 0 Å². The van der Waals surface area contributed by atoms with E-state index in [-0.39, 0.29) is 5.78 Å². The van der Waals surface area contributed by atoms with Crippen LogP contribution in [0.3, 0.4) is 0 Å². The SMILES string of the molecule is CCOC(=O)C(C)(C)C(=O)CN1CCCN(C)CC1CC. The fourth-order valence-electron chi connectivity index (χ4n) is 2.70. The molecule has 21 heavy (non-hydrogen) atoms. The van der Waals surface area contributed by atoms with Gasteiger partial charge in [-0.3, -0.25) is 14.5 Å². The first-order valence-corrected chi connectivity index (χ1v) is 7.96. The van der Waals surface area contributed by atoms with Crippen LogP contribution in [0.15, 0.2) is 0 Å². The fourth-order valence-corrected chi connectivity index (χ4v) is 2.70. The zero-order valence-electron chi connectivity index (χ0n) is 14.1. The van der Waals surface area contributed by atoms with Gasteiger partial charge in [-0.2, -0.15) is 0 Å². The number of carbonyl (C=O) groups excluding carboxylic acids is 2. The number of carbonyl (C=O) groups is 2. The van der Waals surface area contributed by atoms with Gasteiger partial charge in [0, 0.05) is 19.1 Å². The number of likely N-dealkylation sites (N-methyl/N-ethyl adjacent to an activating group) is 1. The highest BCUT2D eigenvalue weighted by atomic mass is 16.5. The molecule has 1 saturated heterocycles. The van der Waals surface area contributed by atoms with Gasteiger partial charge >= 0.3 is 5.97 Å². The van der Waals surface area contributed by atoms with Gasteiger partial charge in [-0.1, -0.05) is 6.92 Å². The number of rotatable bonds is 6. The lowest BCUT2D eigenvalue weighted by molar-refractivity contribution is -0.158. The van der Waals surface area contributed by atoms with Crippen LogP contribution in [0.4, 0.5) is 0 Å². The highest BCUT2D eigenvalue weighted by Crippen LogP contribution is 2.21. The summed E-state index contributed by atoms with van der Waals surface area (Å²) in [5.74, 6) is -0.473. The molecule has 1 heterocycles. The van der Waals surface area contributed by atoms with Crippen molar-refractivity contribution in [3.05, 3.63) is 0 Å². The van der Waals surface area contributed by atoms with Crippen LogP contribution in [-0.4, -0.2) is 67.4 Å². The molecule has 1 rings (SSSR count). The molecule has 0 aromatic rings. The largest absolute Gasteiger partial charge is 0.465 e. The van der Waals surface area contributed by atoms with Gasteiger partial charge in [-0.25, -0.2) is 0 Å². The van der Waals surface area contributed by atoms with Crippen molar-refractivity contribution in [1.82, 2.24) is 9.80 Å². The molecule has 0 radical (unpaired) electrons. The number of Topliss-reactive ketones (excluding diaryl/α,β-unsaturated/α-hetero) is 1. The zero-order valence-corrected chi connectivity index (χ0v) is 14.1. The normalized spacial score (nSPS) is 21.9. The van der Waals surface area contributed by atoms with E-state index >= 15 is 0 Å². The third kappa shape index (κ3) is 4.78. The number of hydrogen-bond donors (Lipinski definition) is 0. The molecule has 1 atom stereocenters. The van der Waals surface area contributed by atoms with E-state index in [1.54, 1.807) is 20.8 Å². The Labute approximate surface area is 128 Å². The van der Waals surface area contributed by atoms with E-state index < -0.39 is 11.4 Å². The lowest BCUT2D eigenvalue weighted by Crippen LogP contribution is -2.47. The summed E-state index contributed by atoms with van der Waals surface area (Å²) in [7, 11) is 2.12. The van der Waals surface area contributed by atoms with E-state index in [0.717, 1.165) is 32.5 Å². The molecule has 0 amide bonds. The number of ketones is 1. The lowest BCUT2D eigenvalue weighted by atomic mass is 9.87. The Hall–Kier alpha value is -0.940. The van der Waals surface area contributed by atoms with E-state index in [0.29, 0.717) is 19.2 Å². The fraction of sp³-hybridized carbons (Fsp3) is 0.875. The Kier molecular flexibility index (Phi) is 6.81. The molecular weight excluding hydrogens is 268 g/mol. The molecule has 1 aliphatic heterocycles. The van der Waals surface area contributed by atoms with Crippen LogP contribution in [0.1, 0.15) is 40.5 Å². The molecular formula is C16H30N2O3. The summed E-state index contributed by atoms with van der Waals surface area (Å²) in [4.78, 5) is 29.0. The van der Waals surface area contributed by atoms with Gasteiger partial charge in [0.2, 0.25) is 0 Å². The van der Waals surface area contributed by atoms with E-state index in [1.165, 1.54) is 0 Å². The molecule has 0 spiro atoms. The van der Waals surface area contributed by atoms with Crippen LogP contribution >= 0.6 is 0 Å². The maximum atomic E-state index is 12.5. The summed E-state index contributed by atoms with van der Waals surface area (Å²) in [6, 6.07) is 0.374. The first kappa shape index (κ1) is 18.1. The molecule has 0 saturated carbocycles. The molecule has 1 unspecified atom stereocenters. The minimum absolute atomic E-state index is 0.0519. The van der Waals surface area contributed by atoms with Gasteiger partial charge in [0.1, 0.15) is 5.41 Å². The Morgan fingerprint density at radius 3 is 2.48 bits per heavy atom. The summed E-state index contributed by atoms with van der Waals surface area (Å²) < 4.78 is 5.03. The van der Waals surface area contributed by atoms with Crippen LogP contribution in [-0.2, 0) is 14.3 Å². The van der Waals surface area contributed by atoms with Crippen molar-refractivity contribution >= 4 is 11.8 Å². The average Bonchev–Trinajstić information content (AvgIpc) is 2.60. The van der Waals surface area contributed by atoms with E-state index in [9.17, 15) is 9.59 Å². The van der Waals surface area contributed by atoms with E-state index in [4.69, 9.17) is 4.74 Å². The van der Waals surface area contributed by atoms with Crippen LogP contribution < -0.4 is 0 Å². The minimum atomic E-state index is -1.06. The van der Waals surface area contributed by atoms with Gasteiger partial charge < -0.3 is 9.64 Å². The Bertz CT molecular complexity index is 369. The van der Waals surface area contributed by atoms with Crippen LogP contribution in [0.2, 0.25) is 0 Å². The number of nitrogens with zero attached hydrogens (tertiary/aromatic N) is 2.